The third-order valence-electron chi connectivity index (χ3n) is 7.05. The Labute approximate surface area is 260 Å². The van der Waals surface area contributed by atoms with Gasteiger partial charge < -0.3 is 0 Å². The van der Waals surface area contributed by atoms with Crippen LogP contribution in [0, 0.1) is 20.8 Å². The van der Waals surface area contributed by atoms with Gasteiger partial charge in [0.05, 0.1) is 0 Å². The third kappa shape index (κ3) is 6.05. The van der Waals surface area contributed by atoms with Gasteiger partial charge in [0, 0.05) is 33.4 Å². The Kier molecular flexibility index (Phi) is 7.33. The van der Waals surface area contributed by atoms with E-state index in [9.17, 15) is 0 Å². The number of aromatic nitrogens is 9. The van der Waals surface area contributed by atoms with Gasteiger partial charge in [-0.25, -0.2) is 44.9 Å². The molecule has 7 aromatic rings. The zero-order valence-electron chi connectivity index (χ0n) is 24.9. The minimum atomic E-state index is 0.502. The molecule has 3 aromatic heterocycles. The predicted octanol–water partition coefficient (Wildman–Crippen LogP) is 7.17. The summed E-state index contributed by atoms with van der Waals surface area (Å²) in [5, 5.41) is 0. The van der Waals surface area contributed by atoms with Crippen molar-refractivity contribution in [2.24, 2.45) is 0 Å². The number of rotatable bonds is 6. The average Bonchev–Trinajstić information content (AvgIpc) is 3.08. The fourth-order valence-corrected chi connectivity index (χ4v) is 5.02. The quantitative estimate of drug-likeness (QED) is 0.200. The lowest BCUT2D eigenvalue weighted by atomic mass is 10.0. The van der Waals surface area contributed by atoms with Crippen LogP contribution in [-0.2, 0) is 0 Å². The van der Waals surface area contributed by atoms with Crippen molar-refractivity contribution in [3.8, 4) is 68.3 Å². The molecule has 216 valence electrons. The number of hydrogen-bond acceptors (Lipinski definition) is 9. The molecule has 0 aliphatic heterocycles. The lowest BCUT2D eigenvalue weighted by molar-refractivity contribution is 0.928. The standard InChI is InChI=1S/C36H27N9/c1-22-37-23(2)39-34(38-22)28-19-29(35-41-24(3)40-31(42-35)25-13-7-4-8-14-25)21-30(20-28)36-44-32(26-15-9-5-10-16-26)43-33(45-36)27-17-11-6-12-18-27/h4-21H,1-3H3. The van der Waals surface area contributed by atoms with Gasteiger partial charge in [-0.15, -0.1) is 0 Å². The van der Waals surface area contributed by atoms with Crippen molar-refractivity contribution in [3.05, 3.63) is 127 Å². The van der Waals surface area contributed by atoms with Gasteiger partial charge in [-0.2, -0.15) is 0 Å². The summed E-state index contributed by atoms with van der Waals surface area (Å²) in [6.45, 7) is 5.58. The van der Waals surface area contributed by atoms with E-state index in [1.54, 1.807) is 0 Å². The van der Waals surface area contributed by atoms with Crippen LogP contribution < -0.4 is 0 Å². The Balaban J connectivity index is 1.46. The van der Waals surface area contributed by atoms with Crippen molar-refractivity contribution in [1.29, 1.82) is 0 Å². The first kappa shape index (κ1) is 27.7. The molecule has 0 N–H and O–H groups in total. The van der Waals surface area contributed by atoms with Gasteiger partial charge >= 0.3 is 0 Å². The summed E-state index contributed by atoms with van der Waals surface area (Å²) in [5.74, 6) is 5.16. The Morgan fingerprint density at radius 3 is 0.867 bits per heavy atom. The van der Waals surface area contributed by atoms with Crippen molar-refractivity contribution in [1.82, 2.24) is 44.9 Å². The van der Waals surface area contributed by atoms with Gasteiger partial charge in [0.1, 0.15) is 17.5 Å². The van der Waals surface area contributed by atoms with E-state index < -0.39 is 0 Å². The van der Waals surface area contributed by atoms with Gasteiger partial charge in [-0.1, -0.05) is 91.0 Å². The number of nitrogens with zero attached hydrogens (tertiary/aromatic N) is 9. The van der Waals surface area contributed by atoms with E-state index in [1.807, 2.05) is 130 Å². The molecule has 0 fully saturated rings. The molecule has 7 rings (SSSR count). The Morgan fingerprint density at radius 2 is 0.511 bits per heavy atom. The van der Waals surface area contributed by atoms with Crippen LogP contribution in [0.3, 0.4) is 0 Å². The van der Waals surface area contributed by atoms with E-state index in [4.69, 9.17) is 24.9 Å². The normalized spacial score (nSPS) is 11.0. The van der Waals surface area contributed by atoms with Crippen LogP contribution in [0.5, 0.6) is 0 Å². The first-order valence-electron chi connectivity index (χ1n) is 14.5. The van der Waals surface area contributed by atoms with Gasteiger partial charge in [0.15, 0.2) is 34.9 Å². The summed E-state index contributed by atoms with van der Waals surface area (Å²) < 4.78 is 0. The molecule has 0 saturated carbocycles. The molecule has 9 heteroatoms. The maximum Gasteiger partial charge on any atom is 0.164 e. The SMILES string of the molecule is Cc1nc(C)nc(-c2cc(-c3nc(C)nc(-c4ccccc4)n3)cc(-c3nc(-c4ccccc4)nc(-c4ccccc4)n3)c2)n1. The molecular formula is C36H27N9. The first-order chi connectivity index (χ1) is 22.0. The van der Waals surface area contributed by atoms with Gasteiger partial charge in [0.2, 0.25) is 0 Å². The van der Waals surface area contributed by atoms with Crippen LogP contribution >= 0.6 is 0 Å². The van der Waals surface area contributed by atoms with E-state index in [0.29, 0.717) is 52.4 Å². The Morgan fingerprint density at radius 1 is 0.267 bits per heavy atom. The van der Waals surface area contributed by atoms with E-state index in [2.05, 4.69) is 19.9 Å². The highest BCUT2D eigenvalue weighted by Crippen LogP contribution is 2.32. The second-order valence-electron chi connectivity index (χ2n) is 10.5. The second kappa shape index (κ2) is 11.9. The zero-order chi connectivity index (χ0) is 30.8. The Hall–Kier alpha value is -6.09. The van der Waals surface area contributed by atoms with Crippen LogP contribution in [-0.4, -0.2) is 44.9 Å². The molecular weight excluding hydrogens is 558 g/mol. The van der Waals surface area contributed by atoms with Gasteiger partial charge in [-0.3, -0.25) is 0 Å². The molecule has 0 saturated heterocycles. The van der Waals surface area contributed by atoms with E-state index >= 15 is 0 Å². The Bertz CT molecular complexity index is 2060. The molecule has 4 aromatic carbocycles. The highest BCUT2D eigenvalue weighted by atomic mass is 15.0. The molecule has 0 aliphatic carbocycles. The van der Waals surface area contributed by atoms with Crippen molar-refractivity contribution >= 4 is 0 Å². The molecule has 0 bridgehead atoms. The maximum atomic E-state index is 4.96. The van der Waals surface area contributed by atoms with Crippen LogP contribution in [0.4, 0.5) is 0 Å². The second-order valence-corrected chi connectivity index (χ2v) is 10.5. The van der Waals surface area contributed by atoms with Crippen molar-refractivity contribution in [3.63, 3.8) is 0 Å². The topological polar surface area (TPSA) is 116 Å². The minimum Gasteiger partial charge on any atom is -0.219 e. The molecule has 45 heavy (non-hydrogen) atoms. The summed E-state index contributed by atoms with van der Waals surface area (Å²) in [6, 6.07) is 35.6. The summed E-state index contributed by atoms with van der Waals surface area (Å²) in [5.41, 5.74) is 4.94. The molecule has 0 radical (unpaired) electrons. The molecule has 3 heterocycles. The highest BCUT2D eigenvalue weighted by Gasteiger charge is 2.17. The van der Waals surface area contributed by atoms with Crippen LogP contribution in [0.25, 0.3) is 68.3 Å². The molecule has 0 atom stereocenters. The van der Waals surface area contributed by atoms with Crippen LogP contribution in [0.15, 0.2) is 109 Å². The van der Waals surface area contributed by atoms with Crippen molar-refractivity contribution in [2.45, 2.75) is 20.8 Å². The first-order valence-corrected chi connectivity index (χ1v) is 14.5. The predicted molar refractivity (Wildman–Crippen MR) is 173 cm³/mol. The largest absolute Gasteiger partial charge is 0.219 e. The number of aryl methyl sites for hydroxylation is 3. The number of benzene rings is 4. The monoisotopic (exact) mass is 585 g/mol. The minimum absolute atomic E-state index is 0.502. The van der Waals surface area contributed by atoms with Gasteiger partial charge in [-0.05, 0) is 39.0 Å². The van der Waals surface area contributed by atoms with E-state index in [1.165, 1.54) is 0 Å². The summed E-state index contributed by atoms with van der Waals surface area (Å²) in [4.78, 5) is 42.7. The lowest BCUT2D eigenvalue weighted by Crippen LogP contribution is -2.03. The third-order valence-corrected chi connectivity index (χ3v) is 7.05. The van der Waals surface area contributed by atoms with Crippen molar-refractivity contribution < 1.29 is 0 Å². The summed E-state index contributed by atoms with van der Waals surface area (Å²) >= 11 is 0. The molecule has 0 amide bonds. The fourth-order valence-electron chi connectivity index (χ4n) is 5.02. The van der Waals surface area contributed by atoms with E-state index in [0.717, 1.165) is 33.4 Å². The van der Waals surface area contributed by atoms with Gasteiger partial charge in [0.25, 0.3) is 0 Å². The molecule has 9 nitrogen and oxygen atoms in total. The summed E-state index contributed by atoms with van der Waals surface area (Å²) in [6.07, 6.45) is 0. The smallest absolute Gasteiger partial charge is 0.164 e. The van der Waals surface area contributed by atoms with Crippen molar-refractivity contribution in [2.75, 3.05) is 0 Å². The maximum absolute atomic E-state index is 4.96. The zero-order valence-corrected chi connectivity index (χ0v) is 24.9. The molecule has 0 unspecified atom stereocenters. The molecule has 0 spiro atoms. The molecule has 0 aliphatic rings. The average molecular weight is 586 g/mol. The highest BCUT2D eigenvalue weighted by molar-refractivity contribution is 5.77. The fraction of sp³-hybridized carbons (Fsp3) is 0.0833. The number of hydrogen-bond donors (Lipinski definition) is 0. The lowest BCUT2D eigenvalue weighted by Gasteiger charge is -2.12. The van der Waals surface area contributed by atoms with E-state index in [-0.39, 0.29) is 0 Å². The summed E-state index contributed by atoms with van der Waals surface area (Å²) in [7, 11) is 0. The van der Waals surface area contributed by atoms with Crippen LogP contribution in [0.2, 0.25) is 0 Å². The van der Waals surface area contributed by atoms with Crippen LogP contribution in [0.1, 0.15) is 17.5 Å².